The molecule has 2 nitrogen and oxygen atoms in total. The predicted molar refractivity (Wildman–Crippen MR) is 93.8 cm³/mol. The molecule has 0 aromatic heterocycles. The van der Waals surface area contributed by atoms with Gasteiger partial charge in [0.15, 0.2) is 5.78 Å². The van der Waals surface area contributed by atoms with Gasteiger partial charge in [-0.3, -0.25) is 4.79 Å². The van der Waals surface area contributed by atoms with E-state index in [2.05, 4.69) is 6.58 Å². The molecule has 0 amide bonds. The standard InChI is InChI=1S/C21H25FO2/c1-3-6-16-17-10-9-15(13-14-7-4-5-8-18(14)22)20(24)21(17,2)12-11-19(16)23/h3-5,7-8,13,16-17,19,23H,1,6,9-12H2,2H3/b15-13+/t16-,17-,19?,21-/m1/s1. The summed E-state index contributed by atoms with van der Waals surface area (Å²) in [5.74, 6) is 0.0985. The van der Waals surface area contributed by atoms with Gasteiger partial charge in [0.2, 0.25) is 0 Å². The van der Waals surface area contributed by atoms with Crippen molar-refractivity contribution in [3.63, 3.8) is 0 Å². The number of hydrogen-bond donors (Lipinski definition) is 1. The molecule has 3 rings (SSSR count). The zero-order valence-corrected chi connectivity index (χ0v) is 14.2. The first kappa shape index (κ1) is 17.1. The number of carbonyl (C=O) groups excluding carboxylic acids is 1. The third-order valence-corrected chi connectivity index (χ3v) is 6.00. The average molecular weight is 328 g/mol. The maximum absolute atomic E-state index is 13.9. The molecule has 2 fully saturated rings. The van der Waals surface area contributed by atoms with Gasteiger partial charge in [-0.2, -0.15) is 0 Å². The zero-order valence-electron chi connectivity index (χ0n) is 14.2. The van der Waals surface area contributed by atoms with Crippen LogP contribution in [0.4, 0.5) is 4.39 Å². The summed E-state index contributed by atoms with van der Waals surface area (Å²) in [6.07, 6.45) is 6.78. The smallest absolute Gasteiger partial charge is 0.165 e. The third-order valence-electron chi connectivity index (χ3n) is 6.00. The normalized spacial score (nSPS) is 34.9. The molecular weight excluding hydrogens is 303 g/mol. The first-order valence-corrected chi connectivity index (χ1v) is 8.76. The molecule has 0 saturated heterocycles. The zero-order chi connectivity index (χ0) is 17.3. The Morgan fingerprint density at radius 2 is 2.12 bits per heavy atom. The largest absolute Gasteiger partial charge is 0.393 e. The molecule has 4 atom stereocenters. The third kappa shape index (κ3) is 2.86. The summed E-state index contributed by atoms with van der Waals surface area (Å²) in [5, 5.41) is 10.4. The second-order valence-corrected chi connectivity index (χ2v) is 7.38. The fourth-order valence-electron chi connectivity index (χ4n) is 4.63. The van der Waals surface area contributed by atoms with E-state index in [0.29, 0.717) is 30.4 Å². The van der Waals surface area contributed by atoms with Gasteiger partial charge in [0.1, 0.15) is 5.82 Å². The van der Waals surface area contributed by atoms with Gasteiger partial charge in [0.25, 0.3) is 0 Å². The maximum Gasteiger partial charge on any atom is 0.165 e. The summed E-state index contributed by atoms with van der Waals surface area (Å²) in [7, 11) is 0. The van der Waals surface area contributed by atoms with Crippen molar-refractivity contribution >= 4 is 11.9 Å². The number of aliphatic hydroxyl groups excluding tert-OH is 1. The van der Waals surface area contributed by atoms with Crippen molar-refractivity contribution in [2.24, 2.45) is 17.3 Å². The summed E-state index contributed by atoms with van der Waals surface area (Å²) in [6, 6.07) is 6.56. The number of halogens is 1. The van der Waals surface area contributed by atoms with Crippen LogP contribution in [0.2, 0.25) is 0 Å². The van der Waals surface area contributed by atoms with E-state index < -0.39 is 5.41 Å². The van der Waals surface area contributed by atoms with E-state index in [1.807, 2.05) is 13.0 Å². The van der Waals surface area contributed by atoms with Crippen molar-refractivity contribution in [3.05, 3.63) is 53.9 Å². The van der Waals surface area contributed by atoms with Crippen LogP contribution in [0.5, 0.6) is 0 Å². The minimum absolute atomic E-state index is 0.0974. The molecule has 3 heteroatoms. The number of allylic oxidation sites excluding steroid dienone is 2. The van der Waals surface area contributed by atoms with Crippen LogP contribution in [0.25, 0.3) is 6.08 Å². The number of ketones is 1. The number of aliphatic hydroxyl groups is 1. The van der Waals surface area contributed by atoms with Crippen LogP contribution in [-0.4, -0.2) is 17.0 Å². The van der Waals surface area contributed by atoms with Gasteiger partial charge in [-0.15, -0.1) is 6.58 Å². The summed E-state index contributed by atoms with van der Waals surface area (Å²) in [4.78, 5) is 13.2. The van der Waals surface area contributed by atoms with Crippen LogP contribution in [0.3, 0.4) is 0 Å². The Kier molecular flexibility index (Phi) is 4.73. The quantitative estimate of drug-likeness (QED) is 0.653. The van der Waals surface area contributed by atoms with E-state index in [0.717, 1.165) is 12.8 Å². The van der Waals surface area contributed by atoms with E-state index in [4.69, 9.17) is 0 Å². The molecule has 2 saturated carbocycles. The van der Waals surface area contributed by atoms with Gasteiger partial charge < -0.3 is 5.11 Å². The van der Waals surface area contributed by atoms with Gasteiger partial charge in [0, 0.05) is 11.0 Å². The Balaban J connectivity index is 1.92. The molecule has 0 spiro atoms. The highest BCUT2D eigenvalue weighted by molar-refractivity contribution is 6.04. The topological polar surface area (TPSA) is 37.3 Å². The van der Waals surface area contributed by atoms with Crippen LogP contribution >= 0.6 is 0 Å². The molecule has 0 bridgehead atoms. The Bertz CT molecular complexity index is 678. The summed E-state index contributed by atoms with van der Waals surface area (Å²) in [5.41, 5.74) is 0.733. The van der Waals surface area contributed by atoms with Crippen molar-refractivity contribution in [2.75, 3.05) is 0 Å². The van der Waals surface area contributed by atoms with Crippen molar-refractivity contribution in [1.82, 2.24) is 0 Å². The first-order valence-electron chi connectivity index (χ1n) is 8.76. The number of benzene rings is 1. The van der Waals surface area contributed by atoms with Crippen molar-refractivity contribution in [2.45, 2.75) is 45.1 Å². The molecule has 1 N–H and O–H groups in total. The van der Waals surface area contributed by atoms with E-state index >= 15 is 0 Å². The molecule has 24 heavy (non-hydrogen) atoms. The Morgan fingerprint density at radius 1 is 1.38 bits per heavy atom. The van der Waals surface area contributed by atoms with E-state index in [9.17, 15) is 14.3 Å². The fraction of sp³-hybridized carbons (Fsp3) is 0.476. The van der Waals surface area contributed by atoms with Gasteiger partial charge in [0.05, 0.1) is 6.10 Å². The second-order valence-electron chi connectivity index (χ2n) is 7.38. The molecule has 0 radical (unpaired) electrons. The molecule has 1 unspecified atom stereocenters. The molecule has 0 heterocycles. The average Bonchev–Trinajstić information content (AvgIpc) is 2.57. The molecule has 0 aliphatic heterocycles. The van der Waals surface area contributed by atoms with Crippen LogP contribution < -0.4 is 0 Å². The lowest BCUT2D eigenvalue weighted by Gasteiger charge is -2.50. The van der Waals surface area contributed by atoms with Crippen LogP contribution in [0, 0.1) is 23.1 Å². The van der Waals surface area contributed by atoms with Crippen molar-refractivity contribution < 1.29 is 14.3 Å². The molecule has 2 aliphatic carbocycles. The van der Waals surface area contributed by atoms with E-state index in [1.165, 1.54) is 6.07 Å². The molecule has 128 valence electrons. The first-order chi connectivity index (χ1) is 11.5. The SMILES string of the molecule is C=CC[C@H]1C(O)CC[C@@]2(C)C(=O)/C(=C/c3ccccc3F)CC[C@H]12. The Morgan fingerprint density at radius 3 is 2.83 bits per heavy atom. The molecular formula is C21H25FO2. The molecule has 1 aromatic carbocycles. The van der Waals surface area contributed by atoms with Gasteiger partial charge >= 0.3 is 0 Å². The molecule has 1 aromatic rings. The Labute approximate surface area is 143 Å². The Hall–Kier alpha value is -1.74. The highest BCUT2D eigenvalue weighted by Gasteiger charge is 2.52. The van der Waals surface area contributed by atoms with Crippen LogP contribution in [0.15, 0.2) is 42.5 Å². The maximum atomic E-state index is 13.9. The predicted octanol–water partition coefficient (Wildman–Crippen LogP) is 4.54. The number of fused-ring (bicyclic) bond motifs is 1. The van der Waals surface area contributed by atoms with Crippen LogP contribution in [-0.2, 0) is 4.79 Å². The van der Waals surface area contributed by atoms with E-state index in [-0.39, 0.29) is 29.5 Å². The minimum atomic E-state index is -0.456. The van der Waals surface area contributed by atoms with E-state index in [1.54, 1.807) is 24.3 Å². The lowest BCUT2D eigenvalue weighted by atomic mass is 9.54. The van der Waals surface area contributed by atoms with Crippen molar-refractivity contribution in [3.8, 4) is 0 Å². The van der Waals surface area contributed by atoms with Crippen LogP contribution in [0.1, 0.15) is 44.6 Å². The second kappa shape index (κ2) is 6.64. The van der Waals surface area contributed by atoms with Gasteiger partial charge in [-0.1, -0.05) is 31.2 Å². The summed E-state index contributed by atoms with van der Waals surface area (Å²) < 4.78 is 13.9. The number of carbonyl (C=O) groups is 1. The minimum Gasteiger partial charge on any atom is -0.393 e. The summed E-state index contributed by atoms with van der Waals surface area (Å²) in [6.45, 7) is 5.82. The number of hydrogen-bond acceptors (Lipinski definition) is 2. The lowest BCUT2D eigenvalue weighted by molar-refractivity contribution is -0.138. The summed E-state index contributed by atoms with van der Waals surface area (Å²) >= 11 is 0. The fourth-order valence-corrected chi connectivity index (χ4v) is 4.63. The lowest BCUT2D eigenvalue weighted by Crippen LogP contribution is -2.50. The van der Waals surface area contributed by atoms with Crippen molar-refractivity contribution in [1.29, 1.82) is 0 Å². The highest BCUT2D eigenvalue weighted by atomic mass is 19.1. The van der Waals surface area contributed by atoms with Gasteiger partial charge in [-0.25, -0.2) is 4.39 Å². The monoisotopic (exact) mass is 328 g/mol. The highest BCUT2D eigenvalue weighted by Crippen LogP contribution is 2.53. The van der Waals surface area contributed by atoms with Gasteiger partial charge in [-0.05, 0) is 61.7 Å². The molecule has 2 aliphatic rings. The number of rotatable bonds is 3. The number of Topliss-reactive ketones (excluding diaryl/α,β-unsaturated/α-hetero) is 1.